The van der Waals surface area contributed by atoms with Gasteiger partial charge in [-0.15, -0.1) is 0 Å². The largest absolute Gasteiger partial charge is 0.467 e. The summed E-state index contributed by atoms with van der Waals surface area (Å²) in [4.78, 5) is 11.2. The quantitative estimate of drug-likeness (QED) is 0.677. The number of methoxy groups -OCH3 is 1. The first kappa shape index (κ1) is 14.5. The van der Waals surface area contributed by atoms with Crippen molar-refractivity contribution in [1.82, 2.24) is 0 Å². The number of nitrogens with one attached hydrogen (secondary N) is 1. The Morgan fingerprint density at radius 2 is 2.10 bits per heavy atom. The Labute approximate surface area is 121 Å². The van der Waals surface area contributed by atoms with Gasteiger partial charge in [-0.3, -0.25) is 0 Å². The highest BCUT2D eigenvalue weighted by Gasteiger charge is 2.12. The Balaban J connectivity index is 2.07. The minimum atomic E-state index is -0.599. The number of anilines is 1. The summed E-state index contributed by atoms with van der Waals surface area (Å²) in [6, 6.07) is 3.52. The maximum absolute atomic E-state index is 13.6. The maximum Gasteiger partial charge on any atom is 0.341 e. The van der Waals surface area contributed by atoms with Gasteiger partial charge in [0.2, 0.25) is 0 Å². The molecule has 20 heavy (non-hydrogen) atoms. The molecule has 0 saturated carbocycles. The minimum absolute atomic E-state index is 0.00159. The molecule has 0 aliphatic rings. The zero-order valence-electron chi connectivity index (χ0n) is 10.4. The number of halogens is 3. The van der Waals surface area contributed by atoms with Crippen LogP contribution in [0.5, 0.6) is 0 Å². The van der Waals surface area contributed by atoms with Crippen molar-refractivity contribution in [2.75, 3.05) is 12.4 Å². The molecule has 0 bridgehead atoms. The van der Waals surface area contributed by atoms with Gasteiger partial charge in [0.1, 0.15) is 23.7 Å². The molecule has 0 radical (unpaired) electrons. The van der Waals surface area contributed by atoms with Crippen molar-refractivity contribution in [3.05, 3.63) is 51.9 Å². The molecule has 1 aromatic carbocycles. The third-order valence-corrected chi connectivity index (χ3v) is 3.15. The van der Waals surface area contributed by atoms with Gasteiger partial charge in [0, 0.05) is 6.07 Å². The Morgan fingerprint density at radius 3 is 2.80 bits per heavy atom. The van der Waals surface area contributed by atoms with Crippen molar-refractivity contribution in [2.45, 2.75) is 6.54 Å². The molecule has 2 rings (SSSR count). The Bertz CT molecular complexity index is 643. The summed E-state index contributed by atoms with van der Waals surface area (Å²) in [6.07, 6.45) is 1.24. The molecule has 1 aromatic heterocycles. The van der Waals surface area contributed by atoms with E-state index in [2.05, 4.69) is 26.0 Å². The van der Waals surface area contributed by atoms with Crippen molar-refractivity contribution >= 4 is 27.6 Å². The molecule has 4 nitrogen and oxygen atoms in total. The van der Waals surface area contributed by atoms with Crippen molar-refractivity contribution in [1.29, 1.82) is 0 Å². The van der Waals surface area contributed by atoms with Crippen LogP contribution < -0.4 is 5.32 Å². The highest BCUT2D eigenvalue weighted by atomic mass is 79.9. The van der Waals surface area contributed by atoms with Gasteiger partial charge in [-0.05, 0) is 28.1 Å². The van der Waals surface area contributed by atoms with Gasteiger partial charge < -0.3 is 14.5 Å². The van der Waals surface area contributed by atoms with Crippen LogP contribution in [0.1, 0.15) is 16.1 Å². The Morgan fingerprint density at radius 1 is 1.35 bits per heavy atom. The van der Waals surface area contributed by atoms with E-state index in [0.717, 1.165) is 12.1 Å². The topological polar surface area (TPSA) is 51.5 Å². The van der Waals surface area contributed by atoms with Gasteiger partial charge in [0.05, 0.1) is 29.4 Å². The summed E-state index contributed by atoms with van der Waals surface area (Å²) in [5.41, 5.74) is 0.258. The van der Waals surface area contributed by atoms with Gasteiger partial charge >= 0.3 is 5.97 Å². The van der Waals surface area contributed by atoms with Crippen molar-refractivity contribution < 1.29 is 22.7 Å². The summed E-state index contributed by atoms with van der Waals surface area (Å²) in [7, 11) is 1.26. The molecule has 0 spiro atoms. The Hall–Kier alpha value is -1.89. The number of benzene rings is 1. The average molecular weight is 346 g/mol. The highest BCUT2D eigenvalue weighted by Crippen LogP contribution is 2.24. The molecule has 0 saturated heterocycles. The number of hydrogen-bond acceptors (Lipinski definition) is 4. The molecule has 2 aromatic rings. The van der Waals surface area contributed by atoms with E-state index >= 15 is 0 Å². The molecule has 0 unspecified atom stereocenters. The fraction of sp³-hybridized carbons (Fsp3) is 0.154. The van der Waals surface area contributed by atoms with Gasteiger partial charge in [-0.1, -0.05) is 0 Å². The van der Waals surface area contributed by atoms with E-state index in [1.807, 2.05) is 0 Å². The molecule has 0 atom stereocenters. The Kier molecular flexibility index (Phi) is 4.39. The first-order chi connectivity index (χ1) is 9.51. The van der Waals surface area contributed by atoms with Crippen LogP contribution in [0.15, 0.2) is 33.4 Å². The van der Waals surface area contributed by atoms with E-state index < -0.39 is 17.6 Å². The van der Waals surface area contributed by atoms with E-state index in [1.54, 1.807) is 0 Å². The van der Waals surface area contributed by atoms with Crippen LogP contribution in [-0.4, -0.2) is 13.1 Å². The molecular formula is C13H10BrF2NO3. The summed E-state index contributed by atoms with van der Waals surface area (Å²) in [5, 5.41) is 2.69. The second-order valence-corrected chi connectivity index (χ2v) is 4.75. The minimum Gasteiger partial charge on any atom is -0.467 e. The smallest absolute Gasteiger partial charge is 0.341 e. The number of carbonyl (C=O) groups is 1. The molecule has 7 heteroatoms. The summed E-state index contributed by atoms with van der Waals surface area (Å²) < 4.78 is 36.5. The van der Waals surface area contributed by atoms with Gasteiger partial charge in [0.15, 0.2) is 0 Å². The van der Waals surface area contributed by atoms with E-state index in [1.165, 1.54) is 19.4 Å². The zero-order chi connectivity index (χ0) is 14.7. The second-order valence-electron chi connectivity index (χ2n) is 3.89. The highest BCUT2D eigenvalue weighted by molar-refractivity contribution is 9.10. The van der Waals surface area contributed by atoms with Crippen LogP contribution in [0.2, 0.25) is 0 Å². The molecule has 0 fully saturated rings. The van der Waals surface area contributed by atoms with E-state index in [0.29, 0.717) is 5.76 Å². The van der Waals surface area contributed by atoms with Crippen LogP contribution in [0.25, 0.3) is 0 Å². The molecule has 0 amide bonds. The van der Waals surface area contributed by atoms with Crippen LogP contribution >= 0.6 is 15.9 Å². The van der Waals surface area contributed by atoms with Crippen molar-refractivity contribution in [3.63, 3.8) is 0 Å². The number of rotatable bonds is 4. The lowest BCUT2D eigenvalue weighted by Gasteiger charge is -2.06. The number of carbonyl (C=O) groups excluding carboxylic acids is 1. The van der Waals surface area contributed by atoms with Gasteiger partial charge in [0.25, 0.3) is 0 Å². The number of hydrogen-bond donors (Lipinski definition) is 1. The van der Waals surface area contributed by atoms with Crippen LogP contribution in [0, 0.1) is 11.6 Å². The van der Waals surface area contributed by atoms with Crippen LogP contribution in [0.3, 0.4) is 0 Å². The molecule has 1 heterocycles. The van der Waals surface area contributed by atoms with Gasteiger partial charge in [-0.2, -0.15) is 0 Å². The van der Waals surface area contributed by atoms with Crippen molar-refractivity contribution in [3.8, 4) is 0 Å². The number of furan rings is 1. The fourth-order valence-electron chi connectivity index (χ4n) is 1.54. The van der Waals surface area contributed by atoms with E-state index in [9.17, 15) is 13.6 Å². The summed E-state index contributed by atoms with van der Waals surface area (Å²) in [5.74, 6) is -1.31. The molecular weight excluding hydrogens is 336 g/mol. The van der Waals surface area contributed by atoms with E-state index in [4.69, 9.17) is 4.42 Å². The summed E-state index contributed by atoms with van der Waals surface area (Å²) >= 11 is 2.89. The van der Waals surface area contributed by atoms with Crippen LogP contribution in [0.4, 0.5) is 14.5 Å². The fourth-order valence-corrected chi connectivity index (χ4v) is 1.85. The van der Waals surface area contributed by atoms with E-state index in [-0.39, 0.29) is 22.3 Å². The van der Waals surface area contributed by atoms with Crippen molar-refractivity contribution in [2.24, 2.45) is 0 Å². The van der Waals surface area contributed by atoms with Gasteiger partial charge in [-0.25, -0.2) is 13.6 Å². The van der Waals surface area contributed by atoms with Crippen LogP contribution in [-0.2, 0) is 11.3 Å². The standard InChI is InChI=1S/C13H10BrF2NO3/c1-19-13(18)7-2-8(20-6-7)5-17-12-4-10(15)9(14)3-11(12)16/h2-4,6,17H,5H2,1H3. The number of esters is 1. The predicted octanol–water partition coefficient (Wildman–Crippen LogP) is 3.72. The first-order valence-electron chi connectivity index (χ1n) is 5.55. The molecule has 106 valence electrons. The zero-order valence-corrected chi connectivity index (χ0v) is 12.0. The second kappa shape index (κ2) is 6.04. The third kappa shape index (κ3) is 3.16. The average Bonchev–Trinajstić information content (AvgIpc) is 2.89. The lowest BCUT2D eigenvalue weighted by Crippen LogP contribution is -2.02. The molecule has 0 aliphatic heterocycles. The predicted molar refractivity (Wildman–Crippen MR) is 71.4 cm³/mol. The SMILES string of the molecule is COC(=O)c1coc(CNc2cc(F)c(Br)cc2F)c1. The lowest BCUT2D eigenvalue weighted by molar-refractivity contribution is 0.0600. The number of ether oxygens (including phenoxy) is 1. The molecule has 0 aliphatic carbocycles. The lowest BCUT2D eigenvalue weighted by atomic mass is 10.2. The molecule has 1 N–H and O–H groups in total. The summed E-state index contributed by atoms with van der Waals surface area (Å²) in [6.45, 7) is 0.106. The monoisotopic (exact) mass is 345 g/mol. The first-order valence-corrected chi connectivity index (χ1v) is 6.34. The normalized spacial score (nSPS) is 10.4. The maximum atomic E-state index is 13.6. The third-order valence-electron chi connectivity index (χ3n) is 2.54.